The summed E-state index contributed by atoms with van der Waals surface area (Å²) in [5, 5.41) is 8.44. The number of nitrogens with zero attached hydrogens (tertiary/aromatic N) is 2. The number of nitrogens with one attached hydrogen (secondary N) is 2. The van der Waals surface area contributed by atoms with Gasteiger partial charge in [-0.3, -0.25) is 9.48 Å². The zero-order valence-corrected chi connectivity index (χ0v) is 17.6. The van der Waals surface area contributed by atoms with Crippen LogP contribution in [0, 0.1) is 0 Å². The predicted octanol–water partition coefficient (Wildman–Crippen LogP) is 4.98. The Morgan fingerprint density at radius 3 is 2.38 bits per heavy atom. The van der Waals surface area contributed by atoms with E-state index in [2.05, 4.69) is 57.9 Å². The molecular formula is C27H24N4O. The topological polar surface area (TPSA) is 62.7 Å². The van der Waals surface area contributed by atoms with Gasteiger partial charge in [0.15, 0.2) is 0 Å². The molecular weight excluding hydrogens is 396 g/mol. The van der Waals surface area contributed by atoms with Crippen LogP contribution in [0.3, 0.4) is 0 Å². The van der Waals surface area contributed by atoms with Crippen molar-refractivity contribution in [1.29, 1.82) is 0 Å². The summed E-state index contributed by atoms with van der Waals surface area (Å²) < 4.78 is 1.63. The molecule has 3 aromatic carbocycles. The maximum Gasteiger partial charge on any atom is 0.241 e. The molecule has 0 spiro atoms. The third kappa shape index (κ3) is 4.05. The first-order valence-electron chi connectivity index (χ1n) is 10.7. The van der Waals surface area contributed by atoms with E-state index in [0.29, 0.717) is 6.54 Å². The van der Waals surface area contributed by atoms with Crippen molar-refractivity contribution in [2.75, 3.05) is 6.54 Å². The van der Waals surface area contributed by atoms with Gasteiger partial charge in [-0.05, 0) is 28.8 Å². The predicted molar refractivity (Wildman–Crippen MR) is 127 cm³/mol. The summed E-state index contributed by atoms with van der Waals surface area (Å²) in [4.78, 5) is 16.3. The van der Waals surface area contributed by atoms with Crippen LogP contribution in [0.25, 0.3) is 22.2 Å². The molecule has 0 aliphatic heterocycles. The highest BCUT2D eigenvalue weighted by atomic mass is 16.2. The number of rotatable bonds is 7. The van der Waals surface area contributed by atoms with Crippen LogP contribution >= 0.6 is 0 Å². The van der Waals surface area contributed by atoms with Crippen molar-refractivity contribution >= 4 is 16.8 Å². The molecule has 0 fully saturated rings. The second-order valence-electron chi connectivity index (χ2n) is 7.80. The van der Waals surface area contributed by atoms with E-state index in [4.69, 9.17) is 0 Å². The van der Waals surface area contributed by atoms with Crippen LogP contribution in [0.5, 0.6) is 0 Å². The van der Waals surface area contributed by atoms with Gasteiger partial charge in [-0.25, -0.2) is 0 Å². The lowest BCUT2D eigenvalue weighted by molar-refractivity contribution is -0.121. The van der Waals surface area contributed by atoms with Crippen LogP contribution in [-0.4, -0.2) is 27.2 Å². The summed E-state index contributed by atoms with van der Waals surface area (Å²) in [7, 11) is 0. The summed E-state index contributed by atoms with van der Waals surface area (Å²) in [6.45, 7) is 0.694. The maximum atomic E-state index is 12.7. The Hall–Kier alpha value is -4.12. The Labute approximate surface area is 186 Å². The van der Waals surface area contributed by atoms with Gasteiger partial charge >= 0.3 is 0 Å². The van der Waals surface area contributed by atoms with Gasteiger partial charge < -0.3 is 10.3 Å². The van der Waals surface area contributed by atoms with Crippen molar-refractivity contribution in [2.45, 2.75) is 12.5 Å². The number of carbonyl (C=O) groups is 1. The molecule has 1 atom stereocenters. The molecule has 5 nitrogen and oxygen atoms in total. The number of amides is 1. The number of fused-ring (bicyclic) bond motifs is 1. The number of aromatic amines is 1. The van der Waals surface area contributed by atoms with Crippen LogP contribution in [-0.2, 0) is 11.3 Å². The fourth-order valence-corrected chi connectivity index (χ4v) is 4.24. The third-order valence-corrected chi connectivity index (χ3v) is 5.73. The molecule has 0 aliphatic rings. The van der Waals surface area contributed by atoms with Crippen LogP contribution in [0.15, 0.2) is 103 Å². The van der Waals surface area contributed by atoms with Gasteiger partial charge in [-0.2, -0.15) is 5.10 Å². The highest BCUT2D eigenvalue weighted by Crippen LogP contribution is 2.38. The van der Waals surface area contributed by atoms with Gasteiger partial charge in [0, 0.05) is 35.8 Å². The molecule has 2 N–H and O–H groups in total. The van der Waals surface area contributed by atoms with Gasteiger partial charge in [0.2, 0.25) is 5.91 Å². The molecule has 2 heterocycles. The number of carbonyl (C=O) groups excluding carboxylic acids is 1. The summed E-state index contributed by atoms with van der Waals surface area (Å²) in [5.74, 6) is -0.0696. The van der Waals surface area contributed by atoms with Gasteiger partial charge in [-0.1, -0.05) is 78.9 Å². The third-order valence-electron chi connectivity index (χ3n) is 5.73. The van der Waals surface area contributed by atoms with E-state index < -0.39 is 0 Å². The lowest BCUT2D eigenvalue weighted by Gasteiger charge is -2.20. The van der Waals surface area contributed by atoms with Gasteiger partial charge in [0.25, 0.3) is 0 Å². The van der Waals surface area contributed by atoms with E-state index >= 15 is 0 Å². The molecule has 0 saturated heterocycles. The normalized spacial score (nSPS) is 12.0. The Balaban J connectivity index is 1.56. The molecule has 0 unspecified atom stereocenters. The smallest absolute Gasteiger partial charge is 0.241 e. The van der Waals surface area contributed by atoms with E-state index in [1.807, 2.05) is 48.5 Å². The SMILES string of the molecule is O=C(Cn1cccn1)NC[C@@H](c1ccccc1)c1c(-c2ccccc2)[nH]c2ccccc12. The standard InChI is InChI=1S/C27H24N4O/c32-25(19-31-17-9-16-29-31)28-18-23(20-10-3-1-4-11-20)26-22-14-7-8-15-24(22)30-27(26)21-12-5-2-6-13-21/h1-17,23,30H,18-19H2,(H,28,32)/t23-/m0/s1. The zero-order valence-electron chi connectivity index (χ0n) is 17.6. The molecule has 1 amide bonds. The first-order chi connectivity index (χ1) is 15.8. The molecule has 5 heteroatoms. The van der Waals surface area contributed by atoms with Crippen molar-refractivity contribution < 1.29 is 4.79 Å². The van der Waals surface area contributed by atoms with E-state index in [9.17, 15) is 4.79 Å². The molecule has 0 saturated carbocycles. The monoisotopic (exact) mass is 420 g/mol. The lowest BCUT2D eigenvalue weighted by atomic mass is 9.87. The van der Waals surface area contributed by atoms with Crippen molar-refractivity contribution in [1.82, 2.24) is 20.1 Å². The summed E-state index contributed by atoms with van der Waals surface area (Å²) in [6, 6.07) is 30.9. The molecule has 2 aromatic heterocycles. The molecule has 0 bridgehead atoms. The molecule has 5 aromatic rings. The van der Waals surface area contributed by atoms with Gasteiger partial charge in [0.1, 0.15) is 6.54 Å². The molecule has 32 heavy (non-hydrogen) atoms. The minimum absolute atomic E-state index is 0.0101. The van der Waals surface area contributed by atoms with Gasteiger partial charge in [0.05, 0.1) is 5.69 Å². The van der Waals surface area contributed by atoms with E-state index in [0.717, 1.165) is 22.3 Å². The Morgan fingerprint density at radius 2 is 1.62 bits per heavy atom. The average Bonchev–Trinajstić information content (AvgIpc) is 3.49. The average molecular weight is 421 g/mol. The first kappa shape index (κ1) is 19.8. The lowest BCUT2D eigenvalue weighted by Crippen LogP contribution is -2.32. The largest absolute Gasteiger partial charge is 0.354 e. The summed E-state index contributed by atoms with van der Waals surface area (Å²) >= 11 is 0. The minimum Gasteiger partial charge on any atom is -0.354 e. The van der Waals surface area contributed by atoms with Crippen molar-refractivity contribution in [3.63, 3.8) is 0 Å². The number of hydrogen-bond donors (Lipinski definition) is 2. The van der Waals surface area contributed by atoms with Crippen LogP contribution in [0.4, 0.5) is 0 Å². The van der Waals surface area contributed by atoms with Crippen molar-refractivity contribution in [3.05, 3.63) is 115 Å². The molecule has 0 aliphatic carbocycles. The van der Waals surface area contributed by atoms with E-state index in [1.54, 1.807) is 17.1 Å². The molecule has 5 rings (SSSR count). The zero-order chi connectivity index (χ0) is 21.8. The number of benzene rings is 3. The van der Waals surface area contributed by atoms with Crippen LogP contribution in [0.1, 0.15) is 17.0 Å². The highest BCUT2D eigenvalue weighted by molar-refractivity contribution is 5.92. The Morgan fingerprint density at radius 1 is 0.906 bits per heavy atom. The fourth-order valence-electron chi connectivity index (χ4n) is 4.24. The summed E-state index contributed by atoms with van der Waals surface area (Å²) in [6.07, 6.45) is 3.47. The van der Waals surface area contributed by atoms with E-state index in [-0.39, 0.29) is 18.4 Å². The van der Waals surface area contributed by atoms with Crippen LogP contribution in [0.2, 0.25) is 0 Å². The fraction of sp³-hybridized carbons (Fsp3) is 0.111. The van der Waals surface area contributed by atoms with Gasteiger partial charge in [-0.15, -0.1) is 0 Å². The number of para-hydroxylation sites is 1. The molecule has 0 radical (unpaired) electrons. The van der Waals surface area contributed by atoms with Crippen molar-refractivity contribution in [2.24, 2.45) is 0 Å². The van der Waals surface area contributed by atoms with E-state index in [1.165, 1.54) is 10.9 Å². The quantitative estimate of drug-likeness (QED) is 0.390. The minimum atomic E-state index is -0.0595. The number of hydrogen-bond acceptors (Lipinski definition) is 2. The first-order valence-corrected chi connectivity index (χ1v) is 10.7. The Bertz CT molecular complexity index is 1310. The highest BCUT2D eigenvalue weighted by Gasteiger charge is 2.24. The second kappa shape index (κ2) is 8.94. The second-order valence-corrected chi connectivity index (χ2v) is 7.80. The Kier molecular flexibility index (Phi) is 5.54. The van der Waals surface area contributed by atoms with Crippen molar-refractivity contribution in [3.8, 4) is 11.3 Å². The van der Waals surface area contributed by atoms with Crippen LogP contribution < -0.4 is 5.32 Å². The molecule has 158 valence electrons. The maximum absolute atomic E-state index is 12.7. The summed E-state index contributed by atoms with van der Waals surface area (Å²) in [5.41, 5.74) is 5.65. The number of aromatic nitrogens is 3. The number of H-pyrrole nitrogens is 1.